The van der Waals surface area contributed by atoms with E-state index in [2.05, 4.69) is 65.9 Å². The number of hydrogen-bond acceptors (Lipinski definition) is 3. The van der Waals surface area contributed by atoms with Crippen molar-refractivity contribution < 1.29 is 9.59 Å². The average molecular weight is 445 g/mol. The molecule has 1 N–H and O–H groups in total. The summed E-state index contributed by atoms with van der Waals surface area (Å²) in [5, 5.41) is 7.48. The first-order valence-corrected chi connectivity index (χ1v) is 11.6. The van der Waals surface area contributed by atoms with Crippen molar-refractivity contribution in [1.82, 2.24) is 20.0 Å². The van der Waals surface area contributed by atoms with Crippen LogP contribution in [0.25, 0.3) is 11.1 Å². The Hall–Kier alpha value is -3.41. The van der Waals surface area contributed by atoms with Crippen molar-refractivity contribution in [3.05, 3.63) is 76.6 Å². The maximum Gasteiger partial charge on any atom is 0.272 e. The van der Waals surface area contributed by atoms with Crippen LogP contribution in [0.5, 0.6) is 0 Å². The van der Waals surface area contributed by atoms with Crippen LogP contribution in [0, 0.1) is 19.8 Å². The summed E-state index contributed by atoms with van der Waals surface area (Å²) < 4.78 is 1.68. The standard InChI is InChI=1S/C27H32N4O2/c1-5-24-19(3)25(30(4)29-24)27(33)31-14-13-28-26(32)23(17-31)16-20-9-11-21(12-10-20)22-8-6-7-18(2)15-22/h6-12,15,23H,5,13-14,16-17H2,1-4H3,(H,28,32)/t23-/m0/s1. The summed E-state index contributed by atoms with van der Waals surface area (Å²) >= 11 is 0. The van der Waals surface area contributed by atoms with E-state index in [-0.39, 0.29) is 17.7 Å². The number of amides is 2. The zero-order valence-electron chi connectivity index (χ0n) is 19.9. The molecule has 1 saturated heterocycles. The molecule has 2 aromatic carbocycles. The summed E-state index contributed by atoms with van der Waals surface area (Å²) in [4.78, 5) is 27.9. The van der Waals surface area contributed by atoms with E-state index in [0.29, 0.717) is 31.7 Å². The molecular weight excluding hydrogens is 412 g/mol. The molecule has 6 heteroatoms. The van der Waals surface area contributed by atoms with Gasteiger partial charge in [-0.15, -0.1) is 0 Å². The lowest BCUT2D eigenvalue weighted by atomic mass is 9.95. The second kappa shape index (κ2) is 9.61. The first kappa shape index (κ1) is 22.8. The maximum absolute atomic E-state index is 13.4. The Morgan fingerprint density at radius 3 is 2.55 bits per heavy atom. The van der Waals surface area contributed by atoms with Crippen LogP contribution in [0.4, 0.5) is 0 Å². The molecule has 1 atom stereocenters. The molecule has 0 aliphatic carbocycles. The third-order valence-electron chi connectivity index (χ3n) is 6.49. The molecule has 0 radical (unpaired) electrons. The number of carbonyl (C=O) groups excluding carboxylic acids is 2. The van der Waals surface area contributed by atoms with Gasteiger partial charge in [0.15, 0.2) is 0 Å². The zero-order valence-corrected chi connectivity index (χ0v) is 19.9. The molecule has 0 unspecified atom stereocenters. The highest BCUT2D eigenvalue weighted by molar-refractivity contribution is 5.95. The van der Waals surface area contributed by atoms with Crippen LogP contribution < -0.4 is 5.32 Å². The van der Waals surface area contributed by atoms with Crippen LogP contribution in [0.15, 0.2) is 48.5 Å². The number of aromatic nitrogens is 2. The zero-order chi connectivity index (χ0) is 23.5. The molecule has 1 aliphatic heterocycles. The highest BCUT2D eigenvalue weighted by Gasteiger charge is 2.30. The lowest BCUT2D eigenvalue weighted by Crippen LogP contribution is -2.38. The molecule has 2 amide bonds. The average Bonchev–Trinajstić information content (AvgIpc) is 2.97. The second-order valence-electron chi connectivity index (χ2n) is 8.91. The van der Waals surface area contributed by atoms with Gasteiger partial charge in [0.25, 0.3) is 5.91 Å². The van der Waals surface area contributed by atoms with Gasteiger partial charge in [0, 0.05) is 32.2 Å². The van der Waals surface area contributed by atoms with E-state index in [9.17, 15) is 9.59 Å². The van der Waals surface area contributed by atoms with Gasteiger partial charge < -0.3 is 10.2 Å². The van der Waals surface area contributed by atoms with Gasteiger partial charge in [0.05, 0.1) is 11.6 Å². The Kier molecular flexibility index (Phi) is 6.63. The Morgan fingerprint density at radius 2 is 1.88 bits per heavy atom. The van der Waals surface area contributed by atoms with Crippen molar-refractivity contribution in [2.75, 3.05) is 19.6 Å². The Bertz CT molecular complexity index is 1160. The van der Waals surface area contributed by atoms with Gasteiger partial charge in [-0.2, -0.15) is 5.10 Å². The molecule has 3 aromatic rings. The van der Waals surface area contributed by atoms with Gasteiger partial charge in [-0.05, 0) is 43.4 Å². The van der Waals surface area contributed by atoms with Gasteiger partial charge >= 0.3 is 0 Å². The molecule has 0 spiro atoms. The molecule has 1 aromatic heterocycles. The quantitative estimate of drug-likeness (QED) is 0.653. The number of nitrogens with zero attached hydrogens (tertiary/aromatic N) is 3. The summed E-state index contributed by atoms with van der Waals surface area (Å²) in [5.41, 5.74) is 7.14. The molecule has 1 fully saturated rings. The van der Waals surface area contributed by atoms with Gasteiger partial charge in [0.1, 0.15) is 5.69 Å². The fraction of sp³-hybridized carbons (Fsp3) is 0.370. The number of nitrogens with one attached hydrogen (secondary N) is 1. The van der Waals surface area contributed by atoms with E-state index >= 15 is 0 Å². The molecule has 6 nitrogen and oxygen atoms in total. The molecule has 1 aliphatic rings. The minimum Gasteiger partial charge on any atom is -0.354 e. The smallest absolute Gasteiger partial charge is 0.272 e. The van der Waals surface area contributed by atoms with Gasteiger partial charge in [-0.1, -0.05) is 61.0 Å². The molecule has 0 bridgehead atoms. The summed E-state index contributed by atoms with van der Waals surface area (Å²) in [6, 6.07) is 16.8. The van der Waals surface area contributed by atoms with Crippen molar-refractivity contribution in [2.24, 2.45) is 13.0 Å². The van der Waals surface area contributed by atoms with Crippen molar-refractivity contribution in [3.63, 3.8) is 0 Å². The summed E-state index contributed by atoms with van der Waals surface area (Å²) in [6.45, 7) is 7.44. The number of benzene rings is 2. The van der Waals surface area contributed by atoms with Gasteiger partial charge in [-0.25, -0.2) is 0 Å². The SMILES string of the molecule is CCc1nn(C)c(C(=O)N2CCNC(=O)[C@@H](Cc3ccc(-c4cccc(C)c4)cc3)C2)c1C. The van der Waals surface area contributed by atoms with E-state index in [4.69, 9.17) is 0 Å². The Balaban J connectivity index is 1.51. The Labute approximate surface area is 195 Å². The molecule has 0 saturated carbocycles. The van der Waals surface area contributed by atoms with Gasteiger partial charge in [0.2, 0.25) is 5.91 Å². The lowest BCUT2D eigenvalue weighted by molar-refractivity contribution is -0.124. The van der Waals surface area contributed by atoms with Crippen LogP contribution in [0.1, 0.15) is 39.8 Å². The minimum absolute atomic E-state index is 0.00374. The van der Waals surface area contributed by atoms with E-state index in [1.807, 2.05) is 20.9 Å². The second-order valence-corrected chi connectivity index (χ2v) is 8.91. The normalized spacial score (nSPS) is 16.4. The maximum atomic E-state index is 13.4. The highest BCUT2D eigenvalue weighted by atomic mass is 16.2. The highest BCUT2D eigenvalue weighted by Crippen LogP contribution is 2.23. The number of carbonyl (C=O) groups is 2. The summed E-state index contributed by atoms with van der Waals surface area (Å²) in [6.07, 6.45) is 1.38. The van der Waals surface area contributed by atoms with E-state index in [1.54, 1.807) is 9.58 Å². The molecule has 4 rings (SSSR count). The van der Waals surface area contributed by atoms with Crippen molar-refractivity contribution in [3.8, 4) is 11.1 Å². The van der Waals surface area contributed by atoms with Gasteiger partial charge in [-0.3, -0.25) is 14.3 Å². The van der Waals surface area contributed by atoms with Crippen molar-refractivity contribution >= 4 is 11.8 Å². The van der Waals surface area contributed by atoms with Crippen LogP contribution in [0.2, 0.25) is 0 Å². The van der Waals surface area contributed by atoms with Crippen LogP contribution in [-0.2, 0) is 24.7 Å². The van der Waals surface area contributed by atoms with E-state index in [1.165, 1.54) is 11.1 Å². The van der Waals surface area contributed by atoms with Crippen molar-refractivity contribution in [2.45, 2.75) is 33.6 Å². The predicted molar refractivity (Wildman–Crippen MR) is 130 cm³/mol. The summed E-state index contributed by atoms with van der Waals surface area (Å²) in [7, 11) is 1.81. The van der Waals surface area contributed by atoms with E-state index < -0.39 is 0 Å². The predicted octanol–water partition coefficient (Wildman–Crippen LogP) is 3.70. The first-order valence-electron chi connectivity index (χ1n) is 11.6. The third-order valence-corrected chi connectivity index (χ3v) is 6.49. The molecule has 33 heavy (non-hydrogen) atoms. The molecular formula is C27H32N4O2. The largest absolute Gasteiger partial charge is 0.354 e. The topological polar surface area (TPSA) is 67.2 Å². The fourth-order valence-corrected chi connectivity index (χ4v) is 4.65. The van der Waals surface area contributed by atoms with Crippen LogP contribution in [0.3, 0.4) is 0 Å². The van der Waals surface area contributed by atoms with Crippen LogP contribution in [-0.4, -0.2) is 46.1 Å². The third kappa shape index (κ3) is 4.85. The fourth-order valence-electron chi connectivity index (χ4n) is 4.65. The number of aryl methyl sites for hydroxylation is 3. The lowest BCUT2D eigenvalue weighted by Gasteiger charge is -2.23. The molecule has 2 heterocycles. The summed E-state index contributed by atoms with van der Waals surface area (Å²) in [5.74, 6) is -0.344. The monoisotopic (exact) mass is 444 g/mol. The van der Waals surface area contributed by atoms with E-state index in [0.717, 1.165) is 28.8 Å². The molecule has 172 valence electrons. The van der Waals surface area contributed by atoms with Crippen molar-refractivity contribution in [1.29, 1.82) is 0 Å². The number of rotatable bonds is 5. The number of hydrogen-bond donors (Lipinski definition) is 1. The van der Waals surface area contributed by atoms with Crippen LogP contribution >= 0.6 is 0 Å². The minimum atomic E-state index is -0.291. The Morgan fingerprint density at radius 1 is 1.12 bits per heavy atom. The first-order chi connectivity index (χ1) is 15.9.